The van der Waals surface area contributed by atoms with E-state index in [0.717, 1.165) is 24.9 Å². The Hall–Kier alpha value is -0.0800. The van der Waals surface area contributed by atoms with Crippen molar-refractivity contribution in [2.75, 3.05) is 66.0 Å². The molecule has 3 unspecified atom stereocenters. The average Bonchev–Trinajstić information content (AvgIpc) is 3.04. The van der Waals surface area contributed by atoms with Crippen LogP contribution in [-0.2, 0) is 0 Å². The zero-order valence-electron chi connectivity index (χ0n) is 17.1. The molecule has 0 aromatic carbocycles. The molecule has 3 rings (SSSR count). The van der Waals surface area contributed by atoms with Crippen LogP contribution in [0.15, 0.2) is 4.99 Å². The quantitative estimate of drug-likeness (QED) is 0.375. The van der Waals surface area contributed by atoms with Crippen LogP contribution in [0.3, 0.4) is 0 Å². The van der Waals surface area contributed by atoms with Crippen LogP contribution in [0, 0.1) is 17.8 Å². The van der Waals surface area contributed by atoms with Gasteiger partial charge >= 0.3 is 0 Å². The molecule has 0 radical (unpaired) electrons. The zero-order chi connectivity index (χ0) is 17.6. The lowest BCUT2D eigenvalue weighted by atomic mass is 9.82. The fourth-order valence-electron chi connectivity index (χ4n) is 4.78. The van der Waals surface area contributed by atoms with Crippen molar-refractivity contribution >= 4 is 29.9 Å². The molecule has 0 aromatic heterocycles. The largest absolute Gasteiger partial charge is 0.357 e. The SMILES string of the molecule is CCNC(=NCC(C)CN1CCN(C)CC1)N1CC2CCCCC2C1.I. The molecule has 5 nitrogen and oxygen atoms in total. The van der Waals surface area contributed by atoms with Crippen molar-refractivity contribution in [3.05, 3.63) is 0 Å². The second-order valence-electron chi connectivity index (χ2n) is 8.61. The minimum Gasteiger partial charge on any atom is -0.357 e. The molecule has 152 valence electrons. The van der Waals surface area contributed by atoms with Gasteiger partial charge in [0.05, 0.1) is 0 Å². The van der Waals surface area contributed by atoms with Gasteiger partial charge in [-0.3, -0.25) is 4.99 Å². The van der Waals surface area contributed by atoms with Crippen LogP contribution < -0.4 is 5.32 Å². The van der Waals surface area contributed by atoms with Gasteiger partial charge in [-0.15, -0.1) is 24.0 Å². The Labute approximate surface area is 178 Å². The standard InChI is InChI=1S/C20H39N5.HI/c1-4-21-20(25-15-18-7-5-6-8-19(18)16-25)22-13-17(2)14-24-11-9-23(3)10-12-24;/h17-19H,4-16H2,1-3H3,(H,21,22);1H. The molecule has 0 spiro atoms. The van der Waals surface area contributed by atoms with Crippen LogP contribution in [0.25, 0.3) is 0 Å². The summed E-state index contributed by atoms with van der Waals surface area (Å²) in [5.41, 5.74) is 0. The molecule has 2 aliphatic heterocycles. The Kier molecular flexibility index (Phi) is 9.44. The molecule has 26 heavy (non-hydrogen) atoms. The summed E-state index contributed by atoms with van der Waals surface area (Å²) in [6.45, 7) is 14.9. The lowest BCUT2D eigenvalue weighted by Crippen LogP contribution is -2.46. The first-order chi connectivity index (χ1) is 12.2. The van der Waals surface area contributed by atoms with E-state index >= 15 is 0 Å². The number of hydrogen-bond donors (Lipinski definition) is 1. The van der Waals surface area contributed by atoms with E-state index in [0.29, 0.717) is 5.92 Å². The van der Waals surface area contributed by atoms with Crippen molar-refractivity contribution in [3.8, 4) is 0 Å². The van der Waals surface area contributed by atoms with Crippen LogP contribution in [0.1, 0.15) is 39.5 Å². The highest BCUT2D eigenvalue weighted by molar-refractivity contribution is 14.0. The van der Waals surface area contributed by atoms with Gasteiger partial charge in [0, 0.05) is 58.9 Å². The fraction of sp³-hybridized carbons (Fsp3) is 0.950. The Morgan fingerprint density at radius 1 is 1.08 bits per heavy atom. The number of fused-ring (bicyclic) bond motifs is 1. The molecular weight excluding hydrogens is 437 g/mol. The van der Waals surface area contributed by atoms with Crippen LogP contribution >= 0.6 is 24.0 Å². The van der Waals surface area contributed by atoms with Crippen LogP contribution in [0.5, 0.6) is 0 Å². The van der Waals surface area contributed by atoms with Gasteiger partial charge in [-0.05, 0) is 44.6 Å². The van der Waals surface area contributed by atoms with Gasteiger partial charge in [-0.25, -0.2) is 0 Å². The zero-order valence-corrected chi connectivity index (χ0v) is 19.5. The van der Waals surface area contributed by atoms with Crippen molar-refractivity contribution in [2.45, 2.75) is 39.5 Å². The third-order valence-electron chi connectivity index (χ3n) is 6.33. The maximum absolute atomic E-state index is 5.03. The second kappa shape index (κ2) is 11.1. The summed E-state index contributed by atoms with van der Waals surface area (Å²) >= 11 is 0. The topological polar surface area (TPSA) is 34.1 Å². The molecule has 3 fully saturated rings. The van der Waals surface area contributed by atoms with E-state index in [1.54, 1.807) is 0 Å². The second-order valence-corrected chi connectivity index (χ2v) is 8.61. The van der Waals surface area contributed by atoms with Gasteiger partial charge < -0.3 is 20.0 Å². The van der Waals surface area contributed by atoms with Crippen LogP contribution in [0.2, 0.25) is 0 Å². The predicted octanol–water partition coefficient (Wildman–Crippen LogP) is 2.58. The molecule has 1 saturated carbocycles. The molecule has 6 heteroatoms. The Morgan fingerprint density at radius 3 is 2.27 bits per heavy atom. The number of halogens is 1. The summed E-state index contributed by atoms with van der Waals surface area (Å²) in [6.07, 6.45) is 5.73. The third-order valence-corrected chi connectivity index (χ3v) is 6.33. The van der Waals surface area contributed by atoms with Gasteiger partial charge in [0.2, 0.25) is 0 Å². The molecule has 1 aliphatic carbocycles. The minimum absolute atomic E-state index is 0. The Morgan fingerprint density at radius 2 is 1.69 bits per heavy atom. The Balaban J connectivity index is 0.00000243. The van der Waals surface area contributed by atoms with E-state index in [1.807, 2.05) is 0 Å². The monoisotopic (exact) mass is 477 g/mol. The number of nitrogens with one attached hydrogen (secondary N) is 1. The van der Waals surface area contributed by atoms with Crippen LogP contribution in [0.4, 0.5) is 0 Å². The van der Waals surface area contributed by atoms with Gasteiger partial charge in [-0.1, -0.05) is 19.8 Å². The highest BCUT2D eigenvalue weighted by Gasteiger charge is 2.35. The number of aliphatic imine (C=N–C) groups is 1. The number of hydrogen-bond acceptors (Lipinski definition) is 3. The lowest BCUT2D eigenvalue weighted by Gasteiger charge is -2.33. The number of likely N-dealkylation sites (tertiary alicyclic amines) is 1. The molecule has 0 amide bonds. The van der Waals surface area contributed by atoms with E-state index in [2.05, 4.69) is 40.9 Å². The third kappa shape index (κ3) is 6.23. The number of rotatable bonds is 5. The summed E-state index contributed by atoms with van der Waals surface area (Å²) in [5.74, 6) is 3.63. The molecule has 3 aliphatic rings. The van der Waals surface area contributed by atoms with Gasteiger partial charge in [0.25, 0.3) is 0 Å². The normalized spacial score (nSPS) is 29.2. The number of nitrogens with zero attached hydrogens (tertiary/aromatic N) is 4. The van der Waals surface area contributed by atoms with E-state index in [9.17, 15) is 0 Å². The molecular formula is C20H40IN5. The Bertz CT molecular complexity index is 422. The maximum atomic E-state index is 5.03. The molecule has 2 heterocycles. The first kappa shape index (κ1) is 22.2. The lowest BCUT2D eigenvalue weighted by molar-refractivity contribution is 0.140. The average molecular weight is 477 g/mol. The molecule has 2 saturated heterocycles. The number of piperazine rings is 1. The summed E-state index contributed by atoms with van der Waals surface area (Å²) < 4.78 is 0. The molecule has 0 aromatic rings. The summed E-state index contributed by atoms with van der Waals surface area (Å²) in [6, 6.07) is 0. The van der Waals surface area contributed by atoms with Crippen molar-refractivity contribution in [3.63, 3.8) is 0 Å². The number of likely N-dealkylation sites (N-methyl/N-ethyl adjacent to an activating group) is 1. The fourth-order valence-corrected chi connectivity index (χ4v) is 4.78. The predicted molar refractivity (Wildman–Crippen MR) is 122 cm³/mol. The maximum Gasteiger partial charge on any atom is 0.193 e. The van der Waals surface area contributed by atoms with E-state index in [-0.39, 0.29) is 24.0 Å². The molecule has 0 bridgehead atoms. The highest BCUT2D eigenvalue weighted by atomic mass is 127. The van der Waals surface area contributed by atoms with Gasteiger partial charge in [0.15, 0.2) is 5.96 Å². The van der Waals surface area contributed by atoms with Crippen LogP contribution in [-0.4, -0.2) is 86.6 Å². The van der Waals surface area contributed by atoms with E-state index in [4.69, 9.17) is 4.99 Å². The van der Waals surface area contributed by atoms with E-state index < -0.39 is 0 Å². The van der Waals surface area contributed by atoms with Crippen molar-refractivity contribution in [2.24, 2.45) is 22.7 Å². The number of guanidine groups is 1. The van der Waals surface area contributed by atoms with Crippen molar-refractivity contribution in [1.29, 1.82) is 0 Å². The molecule has 3 atom stereocenters. The van der Waals surface area contributed by atoms with Gasteiger partial charge in [0.1, 0.15) is 0 Å². The first-order valence-corrected chi connectivity index (χ1v) is 10.6. The van der Waals surface area contributed by atoms with E-state index in [1.165, 1.54) is 77.5 Å². The van der Waals surface area contributed by atoms with Gasteiger partial charge in [-0.2, -0.15) is 0 Å². The smallest absolute Gasteiger partial charge is 0.193 e. The summed E-state index contributed by atoms with van der Waals surface area (Å²) in [4.78, 5) is 12.6. The summed E-state index contributed by atoms with van der Waals surface area (Å²) in [7, 11) is 2.22. The first-order valence-electron chi connectivity index (χ1n) is 10.6. The molecule has 1 N–H and O–H groups in total. The minimum atomic E-state index is 0. The van der Waals surface area contributed by atoms with Crippen molar-refractivity contribution < 1.29 is 0 Å². The highest BCUT2D eigenvalue weighted by Crippen LogP contribution is 2.35. The van der Waals surface area contributed by atoms with Crippen molar-refractivity contribution in [1.82, 2.24) is 20.0 Å². The summed E-state index contributed by atoms with van der Waals surface area (Å²) in [5, 5.41) is 3.55.